The lowest BCUT2D eigenvalue weighted by Crippen LogP contribution is -2.30. The maximum absolute atomic E-state index is 12.5. The lowest BCUT2D eigenvalue weighted by Gasteiger charge is -2.27. The Kier molecular flexibility index (Phi) is 6.12. The third-order valence-corrected chi connectivity index (χ3v) is 5.18. The Labute approximate surface area is 180 Å². The average Bonchev–Trinajstić information content (AvgIpc) is 2.81. The first-order chi connectivity index (χ1) is 15.1. The molecule has 0 spiro atoms. The Morgan fingerprint density at radius 2 is 1.45 bits per heavy atom. The number of nitrogens with two attached hydrogens (primary N) is 1. The highest BCUT2D eigenvalue weighted by molar-refractivity contribution is 6.04. The van der Waals surface area contributed by atoms with Gasteiger partial charge >= 0.3 is 0 Å². The van der Waals surface area contributed by atoms with E-state index in [0.29, 0.717) is 28.3 Å². The van der Waals surface area contributed by atoms with Crippen molar-refractivity contribution in [3.63, 3.8) is 0 Å². The maximum Gasteiger partial charge on any atom is 0.255 e. The molecule has 1 aliphatic rings. The van der Waals surface area contributed by atoms with Gasteiger partial charge < -0.3 is 20.7 Å². The number of rotatable bonds is 6. The summed E-state index contributed by atoms with van der Waals surface area (Å²) in [5.41, 5.74) is 6.81. The minimum absolute atomic E-state index is 0.218. The Morgan fingerprint density at radius 1 is 0.839 bits per heavy atom. The van der Waals surface area contributed by atoms with Gasteiger partial charge in [-0.25, -0.2) is 4.98 Å². The SMILES string of the molecule is NC(=O)c1ccc(Oc2ccc(C(=O)Nc3ccc(N4CCCCC4)nc3)cc2)cc1. The number of hydrogen-bond acceptors (Lipinski definition) is 5. The number of nitrogens with zero attached hydrogens (tertiary/aromatic N) is 2. The molecule has 0 bridgehead atoms. The van der Waals surface area contributed by atoms with Crippen molar-refractivity contribution in [1.82, 2.24) is 4.98 Å². The molecule has 7 nitrogen and oxygen atoms in total. The van der Waals surface area contributed by atoms with E-state index >= 15 is 0 Å². The van der Waals surface area contributed by atoms with Gasteiger partial charge in [0.1, 0.15) is 17.3 Å². The van der Waals surface area contributed by atoms with Crippen LogP contribution in [0.25, 0.3) is 0 Å². The Morgan fingerprint density at radius 3 is 2.00 bits per heavy atom. The highest BCUT2D eigenvalue weighted by Gasteiger charge is 2.12. The van der Waals surface area contributed by atoms with Crippen LogP contribution in [0.15, 0.2) is 66.9 Å². The zero-order valence-electron chi connectivity index (χ0n) is 17.1. The van der Waals surface area contributed by atoms with Crippen LogP contribution in [0.5, 0.6) is 11.5 Å². The van der Waals surface area contributed by atoms with Gasteiger partial charge in [-0.05, 0) is 79.9 Å². The van der Waals surface area contributed by atoms with Crippen molar-refractivity contribution in [2.45, 2.75) is 19.3 Å². The van der Waals surface area contributed by atoms with Crippen molar-refractivity contribution in [2.75, 3.05) is 23.3 Å². The van der Waals surface area contributed by atoms with E-state index in [1.54, 1.807) is 54.7 Å². The molecule has 158 valence electrons. The van der Waals surface area contributed by atoms with E-state index < -0.39 is 5.91 Å². The predicted octanol–water partition coefficient (Wildman–Crippen LogP) is 4.22. The fraction of sp³-hybridized carbons (Fsp3) is 0.208. The number of ether oxygens (including phenoxy) is 1. The summed E-state index contributed by atoms with van der Waals surface area (Å²) in [5.74, 6) is 1.39. The summed E-state index contributed by atoms with van der Waals surface area (Å²) in [7, 11) is 0. The number of carbonyl (C=O) groups is 2. The summed E-state index contributed by atoms with van der Waals surface area (Å²) in [6.07, 6.45) is 5.35. The largest absolute Gasteiger partial charge is 0.457 e. The van der Waals surface area contributed by atoms with Gasteiger partial charge in [0.05, 0.1) is 11.9 Å². The van der Waals surface area contributed by atoms with Crippen molar-refractivity contribution >= 4 is 23.3 Å². The summed E-state index contributed by atoms with van der Waals surface area (Å²) in [6.45, 7) is 2.06. The first kappa shape index (κ1) is 20.4. The Hall–Kier alpha value is -3.87. The molecule has 3 N–H and O–H groups in total. The van der Waals surface area contributed by atoms with Gasteiger partial charge in [-0.1, -0.05) is 0 Å². The van der Waals surface area contributed by atoms with Crippen LogP contribution < -0.4 is 20.7 Å². The molecule has 7 heteroatoms. The second-order valence-corrected chi connectivity index (χ2v) is 7.42. The van der Waals surface area contributed by atoms with Crippen molar-refractivity contribution in [2.24, 2.45) is 5.73 Å². The monoisotopic (exact) mass is 416 g/mol. The lowest BCUT2D eigenvalue weighted by atomic mass is 10.1. The van der Waals surface area contributed by atoms with Crippen LogP contribution in [0.3, 0.4) is 0 Å². The zero-order valence-corrected chi connectivity index (χ0v) is 17.1. The number of hydrogen-bond donors (Lipinski definition) is 2. The highest BCUT2D eigenvalue weighted by atomic mass is 16.5. The smallest absolute Gasteiger partial charge is 0.255 e. The molecule has 2 aromatic carbocycles. The fourth-order valence-corrected chi connectivity index (χ4v) is 3.47. The molecule has 0 aliphatic carbocycles. The molecule has 1 fully saturated rings. The molecule has 0 saturated carbocycles. The third-order valence-electron chi connectivity index (χ3n) is 5.18. The quantitative estimate of drug-likeness (QED) is 0.627. The average molecular weight is 416 g/mol. The standard InChI is InChI=1S/C24H24N4O3/c25-23(29)17-4-9-20(10-5-17)31-21-11-6-18(7-12-21)24(30)27-19-8-13-22(26-16-19)28-14-2-1-3-15-28/h4-13,16H,1-3,14-15H2,(H2,25,29)(H,27,30). The molecule has 0 radical (unpaired) electrons. The van der Waals surface area contributed by atoms with Gasteiger partial charge in [-0.15, -0.1) is 0 Å². The molecule has 4 rings (SSSR count). The number of pyridine rings is 1. The highest BCUT2D eigenvalue weighted by Crippen LogP contribution is 2.23. The van der Waals surface area contributed by atoms with E-state index in [1.807, 2.05) is 12.1 Å². The second kappa shape index (κ2) is 9.30. The molecule has 1 aliphatic heterocycles. The van der Waals surface area contributed by atoms with Crippen LogP contribution in [-0.4, -0.2) is 29.9 Å². The number of nitrogens with one attached hydrogen (secondary N) is 1. The van der Waals surface area contributed by atoms with Crippen molar-refractivity contribution < 1.29 is 14.3 Å². The van der Waals surface area contributed by atoms with Crippen molar-refractivity contribution in [3.05, 3.63) is 78.0 Å². The van der Waals surface area contributed by atoms with Gasteiger partial charge in [0.15, 0.2) is 0 Å². The normalized spacial score (nSPS) is 13.5. The van der Waals surface area contributed by atoms with Gasteiger partial charge in [-0.3, -0.25) is 9.59 Å². The van der Waals surface area contributed by atoms with Crippen LogP contribution in [-0.2, 0) is 0 Å². The molecule has 2 amide bonds. The van der Waals surface area contributed by atoms with Crippen molar-refractivity contribution in [3.8, 4) is 11.5 Å². The van der Waals surface area contributed by atoms with Gasteiger partial charge in [0, 0.05) is 24.2 Å². The predicted molar refractivity (Wildman–Crippen MR) is 120 cm³/mol. The summed E-state index contributed by atoms with van der Waals surface area (Å²) in [4.78, 5) is 30.4. The first-order valence-electron chi connectivity index (χ1n) is 10.3. The number of anilines is 2. The lowest BCUT2D eigenvalue weighted by molar-refractivity contribution is 0.0997. The molecule has 0 unspecified atom stereocenters. The topological polar surface area (TPSA) is 97.6 Å². The Balaban J connectivity index is 1.35. The first-order valence-corrected chi connectivity index (χ1v) is 10.3. The molecule has 2 heterocycles. The number of benzene rings is 2. The van der Waals surface area contributed by atoms with Crippen molar-refractivity contribution in [1.29, 1.82) is 0 Å². The number of piperidine rings is 1. The van der Waals surface area contributed by atoms with Crippen LogP contribution in [0.4, 0.5) is 11.5 Å². The molecule has 31 heavy (non-hydrogen) atoms. The number of aromatic nitrogens is 1. The number of carbonyl (C=O) groups excluding carboxylic acids is 2. The minimum Gasteiger partial charge on any atom is -0.457 e. The summed E-state index contributed by atoms with van der Waals surface area (Å²) < 4.78 is 5.74. The van der Waals surface area contributed by atoms with Crippen LogP contribution >= 0.6 is 0 Å². The molecule has 1 saturated heterocycles. The molecular formula is C24H24N4O3. The third kappa shape index (κ3) is 5.19. The van der Waals surface area contributed by atoms with E-state index in [4.69, 9.17) is 10.5 Å². The zero-order chi connectivity index (χ0) is 21.6. The van der Waals surface area contributed by atoms with Gasteiger partial charge in [0.2, 0.25) is 5.91 Å². The van der Waals surface area contributed by atoms with Crippen LogP contribution in [0.1, 0.15) is 40.0 Å². The summed E-state index contributed by atoms with van der Waals surface area (Å²) in [5, 5.41) is 2.87. The van der Waals surface area contributed by atoms with Gasteiger partial charge in [0.25, 0.3) is 5.91 Å². The fourth-order valence-electron chi connectivity index (χ4n) is 3.47. The van der Waals surface area contributed by atoms with Gasteiger partial charge in [-0.2, -0.15) is 0 Å². The Bertz CT molecular complexity index is 1040. The molecular weight excluding hydrogens is 392 g/mol. The van der Waals surface area contributed by atoms with E-state index in [1.165, 1.54) is 19.3 Å². The number of amides is 2. The van der Waals surface area contributed by atoms with E-state index in [2.05, 4.69) is 15.2 Å². The number of primary amides is 1. The summed E-state index contributed by atoms with van der Waals surface area (Å²) in [6, 6.07) is 17.2. The maximum atomic E-state index is 12.5. The van der Waals surface area contributed by atoms with E-state index in [9.17, 15) is 9.59 Å². The van der Waals surface area contributed by atoms with E-state index in [0.717, 1.165) is 18.9 Å². The van der Waals surface area contributed by atoms with Crippen LogP contribution in [0.2, 0.25) is 0 Å². The molecule has 0 atom stereocenters. The van der Waals surface area contributed by atoms with Crippen LogP contribution in [0, 0.1) is 0 Å². The minimum atomic E-state index is -0.488. The summed E-state index contributed by atoms with van der Waals surface area (Å²) >= 11 is 0. The van der Waals surface area contributed by atoms with E-state index in [-0.39, 0.29) is 5.91 Å². The molecule has 3 aromatic rings. The molecule has 1 aromatic heterocycles. The second-order valence-electron chi connectivity index (χ2n) is 7.42.